The number of anilines is 2. The fourth-order valence-corrected chi connectivity index (χ4v) is 3.56. The number of carbonyl (C=O) groups excluding carboxylic acids is 2. The Morgan fingerprint density at radius 1 is 1.36 bits per heavy atom. The number of likely N-dealkylation sites (N-methyl/N-ethyl adjacent to an activating group) is 1. The molecule has 0 aromatic heterocycles. The fourth-order valence-electron chi connectivity index (χ4n) is 3.56. The number of nitrogens with zero attached hydrogens (tertiary/aromatic N) is 2. The van der Waals surface area contributed by atoms with Crippen LogP contribution < -0.4 is 15.1 Å². The number of rotatable bonds is 4. The molecule has 0 aliphatic carbocycles. The summed E-state index contributed by atoms with van der Waals surface area (Å²) in [7, 11) is 1.81. The van der Waals surface area contributed by atoms with Crippen molar-refractivity contribution in [3.8, 4) is 0 Å². The van der Waals surface area contributed by atoms with Gasteiger partial charge in [-0.1, -0.05) is 6.58 Å². The molecule has 5 nitrogen and oxygen atoms in total. The maximum Gasteiger partial charge on any atom is 0.246 e. The molecule has 136 valence electrons. The third-order valence-corrected chi connectivity index (χ3v) is 5.20. The molecule has 2 saturated heterocycles. The van der Waals surface area contributed by atoms with Crippen LogP contribution in [-0.2, 0) is 9.59 Å². The summed E-state index contributed by atoms with van der Waals surface area (Å²) in [6.45, 7) is 5.15. The van der Waals surface area contributed by atoms with Crippen LogP contribution in [0.2, 0.25) is 0 Å². The molecule has 2 aliphatic rings. The predicted molar refractivity (Wildman–Crippen MR) is 98.2 cm³/mol. The van der Waals surface area contributed by atoms with Crippen molar-refractivity contribution in [1.82, 2.24) is 5.32 Å². The highest BCUT2D eigenvalue weighted by Crippen LogP contribution is 2.29. The smallest absolute Gasteiger partial charge is 0.246 e. The molecule has 0 spiro atoms. The first-order valence-electron chi connectivity index (χ1n) is 8.71. The number of hydrogen-bond acceptors (Lipinski definition) is 4. The second kappa shape index (κ2) is 7.25. The van der Waals surface area contributed by atoms with Crippen LogP contribution in [0.15, 0.2) is 30.5 Å². The van der Waals surface area contributed by atoms with E-state index in [9.17, 15) is 14.0 Å². The second-order valence-corrected chi connectivity index (χ2v) is 6.85. The van der Waals surface area contributed by atoms with E-state index in [4.69, 9.17) is 0 Å². The van der Waals surface area contributed by atoms with Crippen LogP contribution in [-0.4, -0.2) is 38.4 Å². The normalized spacial score (nSPS) is 21.8. The Bertz CT molecular complexity index is 689. The van der Waals surface area contributed by atoms with Gasteiger partial charge in [-0.3, -0.25) is 4.79 Å². The van der Waals surface area contributed by atoms with E-state index < -0.39 is 0 Å². The molecule has 2 fully saturated rings. The van der Waals surface area contributed by atoms with Gasteiger partial charge in [0.15, 0.2) is 0 Å². The Morgan fingerprint density at radius 2 is 2.08 bits per heavy atom. The highest BCUT2D eigenvalue weighted by atomic mass is 19.1. The van der Waals surface area contributed by atoms with Crippen molar-refractivity contribution in [2.24, 2.45) is 5.92 Å². The molecule has 0 bridgehead atoms. The van der Waals surface area contributed by atoms with E-state index in [-0.39, 0.29) is 25.1 Å². The number of halogens is 1. The highest BCUT2D eigenvalue weighted by molar-refractivity contribution is 5.87. The summed E-state index contributed by atoms with van der Waals surface area (Å²) in [5.41, 5.74) is 1.97. The Kier molecular flexibility index (Phi) is 5.06. The molecule has 1 N–H and O–H groups in total. The number of benzene rings is 1. The lowest BCUT2D eigenvalue weighted by atomic mass is 9.98. The molecule has 2 heterocycles. The fraction of sp³-hybridized carbons (Fsp3) is 0.474. The quantitative estimate of drug-likeness (QED) is 0.851. The van der Waals surface area contributed by atoms with Gasteiger partial charge in [-0.25, -0.2) is 4.39 Å². The van der Waals surface area contributed by atoms with Crippen molar-refractivity contribution in [3.63, 3.8) is 0 Å². The molecule has 1 aromatic carbocycles. The second-order valence-electron chi connectivity index (χ2n) is 6.85. The van der Waals surface area contributed by atoms with Crippen molar-refractivity contribution in [1.29, 1.82) is 0 Å². The molecule has 0 radical (unpaired) electrons. The van der Waals surface area contributed by atoms with Crippen LogP contribution in [0.25, 0.3) is 0 Å². The molecule has 1 unspecified atom stereocenters. The van der Waals surface area contributed by atoms with Gasteiger partial charge < -0.3 is 19.9 Å². The van der Waals surface area contributed by atoms with Crippen LogP contribution in [0.3, 0.4) is 0 Å². The molecule has 1 aromatic rings. The lowest BCUT2D eigenvalue weighted by molar-refractivity contribution is -0.122. The minimum Gasteiger partial charge on any atom is -0.369 e. The SMILES string of the molecule is C=C1CCC(N(C)c2ccc(N3CCC(C=O)CC3)c(F)c2)C(=O)N1.[HH]. The topological polar surface area (TPSA) is 52.7 Å². The Hall–Kier alpha value is -2.37. The van der Waals surface area contributed by atoms with Gasteiger partial charge >= 0.3 is 0 Å². The van der Waals surface area contributed by atoms with E-state index >= 15 is 0 Å². The highest BCUT2D eigenvalue weighted by Gasteiger charge is 2.28. The minimum atomic E-state index is -0.320. The van der Waals surface area contributed by atoms with Crippen molar-refractivity contribution >= 4 is 23.6 Å². The standard InChI is InChI=1S/C19H24FN3O2.H2/c1-13-3-5-18(19(25)21-13)22(2)15-4-6-17(16(20)11-15)23-9-7-14(12-24)8-10-23;/h4,6,11-12,14,18H,1,3,5,7-10H2,2H3,(H,21,25);1H. The van der Waals surface area contributed by atoms with Crippen molar-refractivity contribution in [2.45, 2.75) is 31.7 Å². The van der Waals surface area contributed by atoms with E-state index in [1.807, 2.05) is 22.9 Å². The number of hydrogen-bond donors (Lipinski definition) is 1. The number of aldehydes is 1. The Balaban J connectivity index is 0.00000243. The average Bonchev–Trinajstić information content (AvgIpc) is 2.61. The molecular formula is C19H26FN3O2. The summed E-state index contributed by atoms with van der Waals surface area (Å²) in [6, 6.07) is 4.78. The summed E-state index contributed by atoms with van der Waals surface area (Å²) in [6.07, 6.45) is 3.92. The maximum atomic E-state index is 14.6. The molecule has 2 aliphatic heterocycles. The summed E-state index contributed by atoms with van der Waals surface area (Å²) >= 11 is 0. The molecule has 1 atom stereocenters. The van der Waals surface area contributed by atoms with Gasteiger partial charge in [0.05, 0.1) is 5.69 Å². The average molecular weight is 347 g/mol. The van der Waals surface area contributed by atoms with Gasteiger partial charge in [0.25, 0.3) is 0 Å². The molecule has 3 rings (SSSR count). The van der Waals surface area contributed by atoms with E-state index in [1.54, 1.807) is 6.07 Å². The number of piperidine rings is 2. The summed E-state index contributed by atoms with van der Waals surface area (Å²) in [5.74, 6) is -0.307. The zero-order valence-electron chi connectivity index (χ0n) is 14.5. The van der Waals surface area contributed by atoms with E-state index in [0.717, 1.165) is 31.2 Å². The first-order valence-corrected chi connectivity index (χ1v) is 8.71. The van der Waals surface area contributed by atoms with Crippen LogP contribution >= 0.6 is 0 Å². The predicted octanol–water partition coefficient (Wildman–Crippen LogP) is 2.72. The van der Waals surface area contributed by atoms with Crippen molar-refractivity contribution in [3.05, 3.63) is 36.3 Å². The maximum absolute atomic E-state index is 14.6. The van der Waals surface area contributed by atoms with E-state index in [1.165, 1.54) is 6.07 Å². The number of allylic oxidation sites excluding steroid dienone is 1. The van der Waals surface area contributed by atoms with Crippen LogP contribution in [0, 0.1) is 11.7 Å². The zero-order valence-corrected chi connectivity index (χ0v) is 14.5. The van der Waals surface area contributed by atoms with E-state index in [0.29, 0.717) is 30.9 Å². The van der Waals surface area contributed by atoms with Crippen LogP contribution in [0.1, 0.15) is 27.1 Å². The third-order valence-electron chi connectivity index (χ3n) is 5.20. The van der Waals surface area contributed by atoms with Crippen molar-refractivity contribution in [2.75, 3.05) is 29.9 Å². The van der Waals surface area contributed by atoms with Gasteiger partial charge in [0.2, 0.25) is 5.91 Å². The summed E-state index contributed by atoms with van der Waals surface area (Å²) in [4.78, 5) is 26.8. The molecular weight excluding hydrogens is 321 g/mol. The Labute approximate surface area is 149 Å². The first kappa shape index (κ1) is 17.5. The van der Waals surface area contributed by atoms with Crippen molar-refractivity contribution < 1.29 is 15.4 Å². The Morgan fingerprint density at radius 3 is 2.68 bits per heavy atom. The number of amides is 1. The first-order chi connectivity index (χ1) is 12.0. The van der Waals surface area contributed by atoms with Crippen LogP contribution in [0.5, 0.6) is 0 Å². The largest absolute Gasteiger partial charge is 0.369 e. The summed E-state index contributed by atoms with van der Waals surface area (Å²) < 4.78 is 14.6. The van der Waals surface area contributed by atoms with Gasteiger partial charge in [0, 0.05) is 38.9 Å². The zero-order chi connectivity index (χ0) is 18.0. The van der Waals surface area contributed by atoms with Crippen LogP contribution in [0.4, 0.5) is 15.8 Å². The number of carbonyl (C=O) groups is 2. The lowest BCUT2D eigenvalue weighted by Crippen LogP contribution is -2.48. The van der Waals surface area contributed by atoms with Gasteiger partial charge in [-0.15, -0.1) is 0 Å². The number of nitrogens with one attached hydrogen (secondary N) is 1. The third kappa shape index (κ3) is 3.67. The minimum absolute atomic E-state index is 0. The molecule has 6 heteroatoms. The molecule has 1 amide bonds. The molecule has 0 saturated carbocycles. The monoisotopic (exact) mass is 347 g/mol. The summed E-state index contributed by atoms with van der Waals surface area (Å²) in [5, 5.41) is 2.76. The van der Waals surface area contributed by atoms with E-state index in [2.05, 4.69) is 11.9 Å². The van der Waals surface area contributed by atoms with Gasteiger partial charge in [0.1, 0.15) is 18.1 Å². The van der Waals surface area contributed by atoms with Gasteiger partial charge in [-0.05, 0) is 43.9 Å². The lowest BCUT2D eigenvalue weighted by Gasteiger charge is -2.34. The molecule has 25 heavy (non-hydrogen) atoms. The van der Waals surface area contributed by atoms with Gasteiger partial charge in [-0.2, -0.15) is 0 Å².